The van der Waals surface area contributed by atoms with Gasteiger partial charge in [0.15, 0.2) is 0 Å². The van der Waals surface area contributed by atoms with Crippen molar-refractivity contribution in [2.75, 3.05) is 34.2 Å². The van der Waals surface area contributed by atoms with Crippen molar-refractivity contribution in [1.29, 1.82) is 0 Å². The van der Waals surface area contributed by atoms with Crippen LogP contribution in [0.25, 0.3) is 0 Å². The molecule has 0 radical (unpaired) electrons. The molecule has 5 heteroatoms. The fraction of sp³-hybridized carbons (Fsp3) is 0.583. The summed E-state index contributed by atoms with van der Waals surface area (Å²) in [5.74, 6) is 0. The molecule has 1 rings (SSSR count). The molecule has 1 heterocycles. The SMILES string of the molecule is CN(C)CCCN(C)Cc1nc(Cl)ccc1Cl. The van der Waals surface area contributed by atoms with E-state index in [0.29, 0.717) is 10.2 Å². The molecule has 0 bridgehead atoms. The predicted octanol–water partition coefficient (Wildman–Crippen LogP) is 2.77. The Morgan fingerprint density at radius 3 is 2.47 bits per heavy atom. The van der Waals surface area contributed by atoms with Gasteiger partial charge in [0.25, 0.3) is 0 Å². The molecular formula is C12H19Cl2N3. The maximum Gasteiger partial charge on any atom is 0.129 e. The highest BCUT2D eigenvalue weighted by molar-refractivity contribution is 6.32. The Bertz CT molecular complexity index is 356. The Kier molecular flexibility index (Phi) is 6.20. The molecule has 0 amide bonds. The van der Waals surface area contributed by atoms with Crippen molar-refractivity contribution in [3.8, 4) is 0 Å². The molecule has 1 aromatic rings. The lowest BCUT2D eigenvalue weighted by molar-refractivity contribution is 0.292. The second kappa shape index (κ2) is 7.17. The smallest absolute Gasteiger partial charge is 0.129 e. The molecular weight excluding hydrogens is 257 g/mol. The number of hydrogen-bond donors (Lipinski definition) is 0. The number of halogens is 2. The first-order valence-corrected chi connectivity index (χ1v) is 6.39. The molecule has 0 saturated carbocycles. The minimum absolute atomic E-state index is 0.492. The first-order valence-electron chi connectivity index (χ1n) is 5.63. The van der Waals surface area contributed by atoms with E-state index >= 15 is 0 Å². The molecule has 0 aliphatic rings. The summed E-state index contributed by atoms with van der Waals surface area (Å²) in [5.41, 5.74) is 0.839. The molecule has 0 atom stereocenters. The Labute approximate surface area is 113 Å². The van der Waals surface area contributed by atoms with E-state index in [1.54, 1.807) is 12.1 Å². The van der Waals surface area contributed by atoms with E-state index in [4.69, 9.17) is 23.2 Å². The van der Waals surface area contributed by atoms with E-state index < -0.39 is 0 Å². The third-order valence-electron chi connectivity index (χ3n) is 2.45. The van der Waals surface area contributed by atoms with E-state index in [2.05, 4.69) is 35.9 Å². The summed E-state index contributed by atoms with van der Waals surface area (Å²) in [6, 6.07) is 3.50. The summed E-state index contributed by atoms with van der Waals surface area (Å²) < 4.78 is 0. The van der Waals surface area contributed by atoms with Crippen molar-refractivity contribution in [1.82, 2.24) is 14.8 Å². The fourth-order valence-corrected chi connectivity index (χ4v) is 1.89. The minimum atomic E-state index is 0.492. The first kappa shape index (κ1) is 14.7. The van der Waals surface area contributed by atoms with E-state index in [9.17, 15) is 0 Å². The Balaban J connectivity index is 2.44. The lowest BCUT2D eigenvalue weighted by Gasteiger charge is -2.18. The van der Waals surface area contributed by atoms with Crippen LogP contribution in [0.4, 0.5) is 0 Å². The molecule has 0 aliphatic carbocycles. The monoisotopic (exact) mass is 275 g/mol. The molecule has 0 N–H and O–H groups in total. The van der Waals surface area contributed by atoms with Crippen molar-refractivity contribution in [2.45, 2.75) is 13.0 Å². The molecule has 0 fully saturated rings. The minimum Gasteiger partial charge on any atom is -0.309 e. The molecule has 1 aromatic heterocycles. The van der Waals surface area contributed by atoms with Gasteiger partial charge < -0.3 is 9.80 Å². The van der Waals surface area contributed by atoms with Crippen molar-refractivity contribution in [2.24, 2.45) is 0 Å². The van der Waals surface area contributed by atoms with Crippen LogP contribution < -0.4 is 0 Å². The van der Waals surface area contributed by atoms with Gasteiger partial charge in [0.05, 0.1) is 10.7 Å². The van der Waals surface area contributed by atoms with Gasteiger partial charge in [-0.25, -0.2) is 4.98 Å². The van der Waals surface area contributed by atoms with Crippen LogP contribution in [0.5, 0.6) is 0 Å². The van der Waals surface area contributed by atoms with Gasteiger partial charge >= 0.3 is 0 Å². The van der Waals surface area contributed by atoms with Gasteiger partial charge in [-0.1, -0.05) is 23.2 Å². The lowest BCUT2D eigenvalue weighted by Crippen LogP contribution is -2.24. The fourth-order valence-electron chi connectivity index (χ4n) is 1.56. The van der Waals surface area contributed by atoms with Crippen LogP contribution in [-0.4, -0.2) is 49.0 Å². The van der Waals surface area contributed by atoms with Gasteiger partial charge in [-0.05, 0) is 52.8 Å². The predicted molar refractivity (Wildman–Crippen MR) is 73.8 cm³/mol. The number of aromatic nitrogens is 1. The largest absolute Gasteiger partial charge is 0.309 e. The maximum absolute atomic E-state index is 6.07. The molecule has 0 saturated heterocycles. The molecule has 0 unspecified atom stereocenters. The zero-order chi connectivity index (χ0) is 12.8. The quantitative estimate of drug-likeness (QED) is 0.745. The third-order valence-corrected chi connectivity index (χ3v) is 3.00. The van der Waals surface area contributed by atoms with Crippen LogP contribution in [0.3, 0.4) is 0 Å². The van der Waals surface area contributed by atoms with Gasteiger partial charge in [0.1, 0.15) is 5.15 Å². The van der Waals surface area contributed by atoms with Crippen molar-refractivity contribution in [3.05, 3.63) is 28.0 Å². The number of rotatable bonds is 6. The standard InChI is InChI=1S/C12H19Cl2N3/c1-16(2)7-4-8-17(3)9-11-10(13)5-6-12(14)15-11/h5-6H,4,7-9H2,1-3H3. The first-order chi connectivity index (χ1) is 7.99. The van der Waals surface area contributed by atoms with Gasteiger partial charge in [-0.3, -0.25) is 0 Å². The van der Waals surface area contributed by atoms with E-state index in [1.807, 2.05) is 0 Å². The normalized spacial score (nSPS) is 11.5. The summed E-state index contributed by atoms with van der Waals surface area (Å²) in [6.07, 6.45) is 1.13. The highest BCUT2D eigenvalue weighted by Gasteiger charge is 2.06. The van der Waals surface area contributed by atoms with Crippen LogP contribution in [0.2, 0.25) is 10.2 Å². The molecule has 0 spiro atoms. The highest BCUT2D eigenvalue weighted by atomic mass is 35.5. The molecule has 3 nitrogen and oxygen atoms in total. The van der Waals surface area contributed by atoms with Gasteiger partial charge in [0, 0.05) is 6.54 Å². The van der Waals surface area contributed by atoms with E-state index in [0.717, 1.165) is 31.7 Å². The van der Waals surface area contributed by atoms with Crippen LogP contribution >= 0.6 is 23.2 Å². The second-order valence-corrected chi connectivity index (χ2v) is 5.25. The average molecular weight is 276 g/mol. The van der Waals surface area contributed by atoms with Crippen LogP contribution in [0, 0.1) is 0 Å². The Morgan fingerprint density at radius 1 is 1.12 bits per heavy atom. The zero-order valence-corrected chi connectivity index (χ0v) is 12.1. The van der Waals surface area contributed by atoms with E-state index in [-0.39, 0.29) is 0 Å². The number of pyridine rings is 1. The maximum atomic E-state index is 6.07. The second-order valence-electron chi connectivity index (χ2n) is 4.46. The van der Waals surface area contributed by atoms with Crippen molar-refractivity contribution in [3.63, 3.8) is 0 Å². The van der Waals surface area contributed by atoms with Gasteiger partial charge in [-0.2, -0.15) is 0 Å². The number of hydrogen-bond acceptors (Lipinski definition) is 3. The van der Waals surface area contributed by atoms with Crippen molar-refractivity contribution >= 4 is 23.2 Å². The third kappa shape index (κ3) is 5.68. The van der Waals surface area contributed by atoms with E-state index in [1.165, 1.54) is 0 Å². The summed E-state index contributed by atoms with van der Waals surface area (Å²) in [6.45, 7) is 2.83. The molecule has 0 aliphatic heterocycles. The Hall–Kier alpha value is -0.350. The molecule has 0 aromatic carbocycles. The van der Waals surface area contributed by atoms with Crippen LogP contribution in [-0.2, 0) is 6.54 Å². The van der Waals surface area contributed by atoms with Crippen LogP contribution in [0.1, 0.15) is 12.1 Å². The number of nitrogens with zero attached hydrogens (tertiary/aromatic N) is 3. The zero-order valence-electron chi connectivity index (χ0n) is 10.6. The lowest BCUT2D eigenvalue weighted by atomic mass is 10.3. The summed E-state index contributed by atoms with van der Waals surface area (Å²) in [7, 11) is 6.22. The average Bonchev–Trinajstić information content (AvgIpc) is 2.23. The Morgan fingerprint density at radius 2 is 1.82 bits per heavy atom. The summed E-state index contributed by atoms with van der Waals surface area (Å²) in [5, 5.41) is 1.17. The van der Waals surface area contributed by atoms with Crippen LogP contribution in [0.15, 0.2) is 12.1 Å². The molecule has 96 valence electrons. The summed E-state index contributed by atoms with van der Waals surface area (Å²) in [4.78, 5) is 8.62. The summed E-state index contributed by atoms with van der Waals surface area (Å²) >= 11 is 11.9. The van der Waals surface area contributed by atoms with Crippen molar-refractivity contribution < 1.29 is 0 Å². The van der Waals surface area contributed by atoms with Gasteiger partial charge in [0.2, 0.25) is 0 Å². The topological polar surface area (TPSA) is 19.4 Å². The highest BCUT2D eigenvalue weighted by Crippen LogP contribution is 2.18. The molecule has 17 heavy (non-hydrogen) atoms. The van der Waals surface area contributed by atoms with Gasteiger partial charge in [-0.15, -0.1) is 0 Å².